The van der Waals surface area contributed by atoms with Crippen molar-refractivity contribution in [2.75, 3.05) is 0 Å². The summed E-state index contributed by atoms with van der Waals surface area (Å²) in [4.78, 5) is 12.4. The zero-order valence-electron chi connectivity index (χ0n) is 11.1. The zero-order valence-corrected chi connectivity index (χ0v) is 11.1. The molecule has 5 heteroatoms. The SMILES string of the molecule is BC1(N)CCC2=C(O1)c1ccccc1C(C)(O)C2=O. The van der Waals surface area contributed by atoms with Crippen LogP contribution in [0.2, 0.25) is 0 Å². The maximum atomic E-state index is 12.4. The third-order valence-electron chi connectivity index (χ3n) is 3.89. The summed E-state index contributed by atoms with van der Waals surface area (Å²) in [7, 11) is 1.80. The van der Waals surface area contributed by atoms with E-state index in [4.69, 9.17) is 10.5 Å². The Labute approximate surface area is 112 Å². The van der Waals surface area contributed by atoms with E-state index in [9.17, 15) is 9.90 Å². The monoisotopic (exact) mass is 257 g/mol. The molecule has 3 rings (SSSR count). The molecule has 2 atom stereocenters. The largest absolute Gasteiger partial charge is 0.481 e. The topological polar surface area (TPSA) is 72.6 Å². The van der Waals surface area contributed by atoms with Gasteiger partial charge in [-0.25, -0.2) is 0 Å². The average molecular weight is 257 g/mol. The van der Waals surface area contributed by atoms with Crippen LogP contribution >= 0.6 is 0 Å². The number of nitrogens with two attached hydrogens (primary N) is 1. The minimum Gasteiger partial charge on any atom is -0.481 e. The molecule has 0 amide bonds. The van der Waals surface area contributed by atoms with Crippen LogP contribution in [0, 0.1) is 0 Å². The van der Waals surface area contributed by atoms with Crippen LogP contribution < -0.4 is 5.73 Å². The molecule has 4 nitrogen and oxygen atoms in total. The highest BCUT2D eigenvalue weighted by atomic mass is 16.5. The fourth-order valence-electron chi connectivity index (χ4n) is 2.79. The van der Waals surface area contributed by atoms with Crippen molar-refractivity contribution in [3.05, 3.63) is 41.0 Å². The molecule has 2 aliphatic rings. The summed E-state index contributed by atoms with van der Waals surface area (Å²) in [5, 5.41) is 10.5. The first-order chi connectivity index (χ1) is 8.83. The first kappa shape index (κ1) is 12.4. The van der Waals surface area contributed by atoms with Gasteiger partial charge in [0.25, 0.3) is 0 Å². The Morgan fingerprint density at radius 1 is 1.42 bits per heavy atom. The fraction of sp³-hybridized carbons (Fsp3) is 0.357. The van der Waals surface area contributed by atoms with Crippen LogP contribution in [-0.2, 0) is 15.1 Å². The normalized spacial score (nSPS) is 33.5. The molecule has 0 aromatic heterocycles. The van der Waals surface area contributed by atoms with Crippen molar-refractivity contribution < 1.29 is 14.6 Å². The Morgan fingerprint density at radius 2 is 2.11 bits per heavy atom. The van der Waals surface area contributed by atoms with E-state index in [2.05, 4.69) is 0 Å². The number of hydrogen-bond acceptors (Lipinski definition) is 4. The molecule has 2 unspecified atom stereocenters. The van der Waals surface area contributed by atoms with Crippen LogP contribution in [0.4, 0.5) is 0 Å². The van der Waals surface area contributed by atoms with Crippen molar-refractivity contribution in [3.63, 3.8) is 0 Å². The Morgan fingerprint density at radius 3 is 2.84 bits per heavy atom. The molecule has 0 saturated carbocycles. The van der Waals surface area contributed by atoms with Gasteiger partial charge in [0.2, 0.25) is 0 Å². The molecule has 0 bridgehead atoms. The number of aliphatic hydroxyl groups is 1. The smallest absolute Gasteiger partial charge is 0.198 e. The summed E-state index contributed by atoms with van der Waals surface area (Å²) < 4.78 is 5.79. The molecule has 1 aliphatic carbocycles. The van der Waals surface area contributed by atoms with Crippen molar-refractivity contribution in [2.45, 2.75) is 31.0 Å². The lowest BCUT2D eigenvalue weighted by Gasteiger charge is -2.40. The van der Waals surface area contributed by atoms with Gasteiger partial charge in [-0.3, -0.25) is 4.79 Å². The minimum atomic E-state index is -1.48. The van der Waals surface area contributed by atoms with Gasteiger partial charge in [-0.2, -0.15) is 0 Å². The molecular formula is C14H16BNO3. The van der Waals surface area contributed by atoms with Crippen molar-refractivity contribution in [2.24, 2.45) is 5.73 Å². The molecule has 0 spiro atoms. The molecule has 1 aliphatic heterocycles. The van der Waals surface area contributed by atoms with Crippen LogP contribution in [0.1, 0.15) is 30.9 Å². The number of benzene rings is 1. The number of carbonyl (C=O) groups excluding carboxylic acids is 1. The zero-order chi connectivity index (χ0) is 13.8. The number of rotatable bonds is 0. The number of Topliss-reactive ketones (excluding diaryl/α,β-unsaturated/α-hetero) is 1. The van der Waals surface area contributed by atoms with Crippen molar-refractivity contribution in [1.29, 1.82) is 0 Å². The lowest BCUT2D eigenvalue weighted by Crippen LogP contribution is -2.48. The summed E-state index contributed by atoms with van der Waals surface area (Å²) in [6, 6.07) is 7.27. The number of ketones is 1. The maximum absolute atomic E-state index is 12.4. The summed E-state index contributed by atoms with van der Waals surface area (Å²) in [6.45, 7) is 1.54. The highest BCUT2D eigenvalue weighted by Crippen LogP contribution is 2.44. The van der Waals surface area contributed by atoms with Crippen LogP contribution in [0.5, 0.6) is 0 Å². The summed E-state index contributed by atoms with van der Waals surface area (Å²) >= 11 is 0. The number of carbonyl (C=O) groups is 1. The molecular weight excluding hydrogens is 241 g/mol. The van der Waals surface area contributed by atoms with E-state index in [1.54, 1.807) is 20.0 Å². The molecule has 1 aromatic rings. The van der Waals surface area contributed by atoms with Crippen molar-refractivity contribution in [1.82, 2.24) is 0 Å². The van der Waals surface area contributed by atoms with Gasteiger partial charge >= 0.3 is 0 Å². The first-order valence-corrected chi connectivity index (χ1v) is 6.41. The van der Waals surface area contributed by atoms with E-state index < -0.39 is 11.2 Å². The second-order valence-corrected chi connectivity index (χ2v) is 5.67. The van der Waals surface area contributed by atoms with E-state index in [0.717, 1.165) is 5.56 Å². The Kier molecular flexibility index (Phi) is 2.43. The molecule has 1 heterocycles. The highest BCUT2D eigenvalue weighted by molar-refractivity contribution is 6.16. The number of fused-ring (bicyclic) bond motifs is 2. The van der Waals surface area contributed by atoms with Crippen LogP contribution in [0.15, 0.2) is 29.8 Å². The lowest BCUT2D eigenvalue weighted by atomic mass is 9.73. The molecule has 19 heavy (non-hydrogen) atoms. The molecule has 1 aromatic carbocycles. The van der Waals surface area contributed by atoms with E-state index in [1.807, 2.05) is 12.1 Å². The van der Waals surface area contributed by atoms with Crippen LogP contribution in [-0.4, -0.2) is 24.4 Å². The van der Waals surface area contributed by atoms with Gasteiger partial charge in [-0.1, -0.05) is 24.3 Å². The highest BCUT2D eigenvalue weighted by Gasteiger charge is 2.46. The molecule has 0 saturated heterocycles. The van der Waals surface area contributed by atoms with Gasteiger partial charge in [0.05, 0.1) is 0 Å². The van der Waals surface area contributed by atoms with Gasteiger partial charge in [-0.05, 0) is 19.8 Å². The predicted molar refractivity (Wildman–Crippen MR) is 73.7 cm³/mol. The Balaban J connectivity index is 2.25. The Hall–Kier alpha value is -1.59. The van der Waals surface area contributed by atoms with E-state index in [0.29, 0.717) is 29.7 Å². The van der Waals surface area contributed by atoms with Crippen LogP contribution in [0.3, 0.4) is 0 Å². The van der Waals surface area contributed by atoms with Crippen LogP contribution in [0.25, 0.3) is 5.76 Å². The van der Waals surface area contributed by atoms with Gasteiger partial charge in [0, 0.05) is 16.7 Å². The quantitative estimate of drug-likeness (QED) is 0.653. The van der Waals surface area contributed by atoms with Gasteiger partial charge in [0.15, 0.2) is 13.6 Å². The first-order valence-electron chi connectivity index (χ1n) is 6.41. The second kappa shape index (κ2) is 3.71. The number of ether oxygens (including phenoxy) is 1. The van der Waals surface area contributed by atoms with E-state index >= 15 is 0 Å². The molecule has 3 N–H and O–H groups in total. The second-order valence-electron chi connectivity index (χ2n) is 5.67. The summed E-state index contributed by atoms with van der Waals surface area (Å²) in [5.41, 5.74) is 5.66. The molecule has 0 radical (unpaired) electrons. The Bertz CT molecular complexity index is 604. The standard InChI is InChI=1S/C14H16BNO3/c1-13(18)10-5-3-2-4-8(10)11-9(12(13)17)6-7-14(15,16)19-11/h2-5,18H,6-7,15-16H2,1H3. The lowest BCUT2D eigenvalue weighted by molar-refractivity contribution is -0.133. The molecule has 98 valence electrons. The minimum absolute atomic E-state index is 0.281. The van der Waals surface area contributed by atoms with Gasteiger partial charge in [-0.15, -0.1) is 0 Å². The predicted octanol–water partition coefficient (Wildman–Crippen LogP) is 0.244. The third-order valence-corrected chi connectivity index (χ3v) is 3.89. The number of hydrogen-bond donors (Lipinski definition) is 2. The van der Waals surface area contributed by atoms with Crippen molar-refractivity contribution in [3.8, 4) is 0 Å². The van der Waals surface area contributed by atoms with E-state index in [-0.39, 0.29) is 5.78 Å². The third kappa shape index (κ3) is 1.73. The average Bonchev–Trinajstić information content (AvgIpc) is 2.36. The fourth-order valence-corrected chi connectivity index (χ4v) is 2.79. The molecule has 0 fully saturated rings. The summed E-state index contributed by atoms with van der Waals surface area (Å²) in [6.07, 6.45) is 1.10. The van der Waals surface area contributed by atoms with E-state index in [1.165, 1.54) is 6.92 Å². The summed E-state index contributed by atoms with van der Waals surface area (Å²) in [5.74, 6) is 0.250. The maximum Gasteiger partial charge on any atom is 0.198 e. The van der Waals surface area contributed by atoms with Gasteiger partial charge in [0.1, 0.15) is 17.0 Å². The van der Waals surface area contributed by atoms with Crippen molar-refractivity contribution >= 4 is 19.4 Å². The van der Waals surface area contributed by atoms with Gasteiger partial charge < -0.3 is 15.6 Å².